The molecule has 1 fully saturated rings. The molecule has 0 saturated carbocycles. The van der Waals surface area contributed by atoms with Crippen LogP contribution in [0.25, 0.3) is 0 Å². The van der Waals surface area contributed by atoms with Gasteiger partial charge in [-0.3, -0.25) is 4.79 Å². The molecule has 1 saturated heterocycles. The van der Waals surface area contributed by atoms with E-state index in [2.05, 4.69) is 0 Å². The van der Waals surface area contributed by atoms with Crippen LogP contribution in [0.3, 0.4) is 0 Å². The van der Waals surface area contributed by atoms with Crippen LogP contribution in [0.4, 0.5) is 5.69 Å². The average molecular weight is 222 g/mol. The Hall–Kier alpha value is -1.75. The molecule has 1 amide bonds. The van der Waals surface area contributed by atoms with Gasteiger partial charge < -0.3 is 20.5 Å². The lowest BCUT2D eigenvalue weighted by Crippen LogP contribution is -2.15. The number of hydrogen-bond donors (Lipinski definition) is 2. The number of aliphatic hydroxyl groups is 1. The highest BCUT2D eigenvalue weighted by Gasteiger charge is 2.38. The number of benzene rings is 1. The van der Waals surface area contributed by atoms with Gasteiger partial charge in [-0.25, -0.2) is 0 Å². The van der Waals surface area contributed by atoms with Crippen molar-refractivity contribution in [1.82, 2.24) is 4.90 Å². The Morgan fingerprint density at radius 2 is 2.44 bits per heavy atom. The number of anilines is 1. The predicted molar refractivity (Wildman–Crippen MR) is 59.3 cm³/mol. The Bertz CT molecular complexity index is 420. The van der Waals surface area contributed by atoms with Crippen molar-refractivity contribution in [1.29, 1.82) is 0 Å². The van der Waals surface area contributed by atoms with Gasteiger partial charge in [-0.1, -0.05) is 0 Å². The van der Waals surface area contributed by atoms with Crippen LogP contribution in [0.1, 0.15) is 10.4 Å². The van der Waals surface area contributed by atoms with E-state index in [1.54, 1.807) is 23.1 Å². The molecule has 1 aromatic carbocycles. The lowest BCUT2D eigenvalue weighted by molar-refractivity contribution is 0.0862. The number of nitrogens with two attached hydrogens (primary N) is 1. The van der Waals surface area contributed by atoms with Crippen molar-refractivity contribution in [2.75, 3.05) is 26.0 Å². The van der Waals surface area contributed by atoms with Gasteiger partial charge >= 0.3 is 0 Å². The van der Waals surface area contributed by atoms with E-state index in [1.165, 1.54) is 7.11 Å². The minimum atomic E-state index is -0.0997. The Labute approximate surface area is 93.4 Å². The molecule has 1 aliphatic rings. The smallest absolute Gasteiger partial charge is 0.254 e. The largest absolute Gasteiger partial charge is 0.495 e. The summed E-state index contributed by atoms with van der Waals surface area (Å²) in [7, 11) is 1.51. The molecule has 0 radical (unpaired) electrons. The molecule has 5 heteroatoms. The molecule has 0 aliphatic carbocycles. The van der Waals surface area contributed by atoms with Gasteiger partial charge in [0, 0.05) is 12.1 Å². The highest BCUT2D eigenvalue weighted by Crippen LogP contribution is 2.26. The highest BCUT2D eigenvalue weighted by atomic mass is 16.5. The van der Waals surface area contributed by atoms with Crippen LogP contribution < -0.4 is 10.5 Å². The zero-order valence-corrected chi connectivity index (χ0v) is 9.01. The maximum absolute atomic E-state index is 11.9. The van der Waals surface area contributed by atoms with Crippen molar-refractivity contribution in [2.24, 2.45) is 0 Å². The first-order valence-electron chi connectivity index (χ1n) is 5.02. The number of methoxy groups -OCH3 is 1. The minimum absolute atomic E-state index is 0.0118. The summed E-state index contributed by atoms with van der Waals surface area (Å²) >= 11 is 0. The van der Waals surface area contributed by atoms with E-state index < -0.39 is 0 Å². The van der Waals surface area contributed by atoms with E-state index >= 15 is 0 Å². The molecule has 86 valence electrons. The molecule has 0 spiro atoms. The molecule has 1 aliphatic heterocycles. The molecule has 0 unspecified atom stereocenters. The van der Waals surface area contributed by atoms with Gasteiger partial charge in [0.1, 0.15) is 5.75 Å². The van der Waals surface area contributed by atoms with E-state index in [9.17, 15) is 4.79 Å². The van der Waals surface area contributed by atoms with Gasteiger partial charge in [-0.15, -0.1) is 0 Å². The Balaban J connectivity index is 2.18. The molecular weight excluding hydrogens is 208 g/mol. The third-order valence-corrected chi connectivity index (χ3v) is 2.67. The Kier molecular flexibility index (Phi) is 2.70. The standard InChI is InChI=1S/C11H14N2O3/c1-16-10-4-7(2-3-9(10)12)11(15)13-5-8(13)6-14/h2-4,8,14H,5-6,12H2,1H3/t8-,13?/m1/s1. The van der Waals surface area contributed by atoms with Crippen molar-refractivity contribution in [3.8, 4) is 5.75 Å². The summed E-state index contributed by atoms with van der Waals surface area (Å²) in [5.41, 5.74) is 6.69. The van der Waals surface area contributed by atoms with E-state index in [1.807, 2.05) is 0 Å². The monoisotopic (exact) mass is 222 g/mol. The van der Waals surface area contributed by atoms with Gasteiger partial charge in [0.25, 0.3) is 5.91 Å². The first-order valence-corrected chi connectivity index (χ1v) is 5.02. The van der Waals surface area contributed by atoms with Crippen molar-refractivity contribution in [2.45, 2.75) is 6.04 Å². The van der Waals surface area contributed by atoms with E-state index in [0.29, 0.717) is 23.5 Å². The fraction of sp³-hybridized carbons (Fsp3) is 0.364. The summed E-state index contributed by atoms with van der Waals surface area (Å²) in [6.45, 7) is 0.625. The van der Waals surface area contributed by atoms with E-state index in [4.69, 9.17) is 15.6 Å². The van der Waals surface area contributed by atoms with E-state index in [-0.39, 0.29) is 18.6 Å². The number of rotatable bonds is 3. The summed E-state index contributed by atoms with van der Waals surface area (Å²) in [6.07, 6.45) is 0. The van der Waals surface area contributed by atoms with Crippen LogP contribution in [0.5, 0.6) is 5.75 Å². The molecular formula is C11H14N2O3. The third-order valence-electron chi connectivity index (χ3n) is 2.67. The second-order valence-corrected chi connectivity index (χ2v) is 3.75. The number of nitrogens with zero attached hydrogens (tertiary/aromatic N) is 1. The molecule has 2 rings (SSSR count). The van der Waals surface area contributed by atoms with Crippen LogP contribution in [-0.4, -0.2) is 42.2 Å². The summed E-state index contributed by atoms with van der Waals surface area (Å²) < 4.78 is 5.04. The zero-order valence-electron chi connectivity index (χ0n) is 9.01. The molecule has 0 bridgehead atoms. The fourth-order valence-electron chi connectivity index (χ4n) is 1.59. The summed E-state index contributed by atoms with van der Waals surface area (Å²) in [5, 5.41) is 8.88. The Morgan fingerprint density at radius 3 is 3.00 bits per heavy atom. The van der Waals surface area contributed by atoms with Crippen LogP contribution in [0.2, 0.25) is 0 Å². The molecule has 1 atom stereocenters. The molecule has 3 N–H and O–H groups in total. The van der Waals surface area contributed by atoms with Crippen molar-refractivity contribution in [3.63, 3.8) is 0 Å². The van der Waals surface area contributed by atoms with Gasteiger partial charge in [-0.05, 0) is 18.2 Å². The summed E-state index contributed by atoms with van der Waals surface area (Å²) in [4.78, 5) is 13.5. The second-order valence-electron chi connectivity index (χ2n) is 3.75. The average Bonchev–Trinajstić information content (AvgIpc) is 3.08. The highest BCUT2D eigenvalue weighted by molar-refractivity contribution is 5.97. The Morgan fingerprint density at radius 1 is 1.69 bits per heavy atom. The lowest BCUT2D eigenvalue weighted by atomic mass is 10.2. The molecule has 1 aromatic rings. The molecule has 0 aromatic heterocycles. The van der Waals surface area contributed by atoms with Gasteiger partial charge in [0.05, 0.1) is 25.4 Å². The molecule has 16 heavy (non-hydrogen) atoms. The number of amides is 1. The maximum Gasteiger partial charge on any atom is 0.254 e. The first-order chi connectivity index (χ1) is 7.67. The predicted octanol–water partition coefficient (Wildman–Crippen LogP) is 0.0941. The lowest BCUT2D eigenvalue weighted by Gasteiger charge is -2.07. The van der Waals surface area contributed by atoms with Crippen molar-refractivity contribution >= 4 is 11.6 Å². The number of nitrogen functional groups attached to an aromatic ring is 1. The normalized spacial score (nSPS) is 18.4. The fourth-order valence-corrected chi connectivity index (χ4v) is 1.59. The van der Waals surface area contributed by atoms with Gasteiger partial charge in [-0.2, -0.15) is 0 Å². The maximum atomic E-state index is 11.9. The van der Waals surface area contributed by atoms with Crippen LogP contribution in [0.15, 0.2) is 18.2 Å². The van der Waals surface area contributed by atoms with Crippen LogP contribution in [0, 0.1) is 0 Å². The zero-order chi connectivity index (χ0) is 11.7. The SMILES string of the molecule is COc1cc(C(=O)N2C[C@@H]2CO)ccc1N. The van der Waals surface area contributed by atoms with Crippen molar-refractivity contribution < 1.29 is 14.6 Å². The number of carbonyl (C=O) groups excluding carboxylic acids is 1. The van der Waals surface area contributed by atoms with Crippen molar-refractivity contribution in [3.05, 3.63) is 23.8 Å². The minimum Gasteiger partial charge on any atom is -0.495 e. The summed E-state index contributed by atoms with van der Waals surface area (Å²) in [5.74, 6) is 0.394. The van der Waals surface area contributed by atoms with Gasteiger partial charge in [0.15, 0.2) is 0 Å². The van der Waals surface area contributed by atoms with E-state index in [0.717, 1.165) is 0 Å². The number of ether oxygens (including phenoxy) is 1. The quantitative estimate of drug-likeness (QED) is 0.561. The molecule has 5 nitrogen and oxygen atoms in total. The first kappa shape index (κ1) is 10.8. The number of carbonyl (C=O) groups is 1. The topological polar surface area (TPSA) is 75.6 Å². The second kappa shape index (κ2) is 4.02. The van der Waals surface area contributed by atoms with Gasteiger partial charge in [0.2, 0.25) is 0 Å². The van der Waals surface area contributed by atoms with Crippen LogP contribution in [-0.2, 0) is 0 Å². The third kappa shape index (κ3) is 1.81. The number of aliphatic hydroxyl groups excluding tert-OH is 1. The summed E-state index contributed by atoms with van der Waals surface area (Å²) in [6, 6.07) is 4.89. The number of hydrogen-bond acceptors (Lipinski definition) is 4. The van der Waals surface area contributed by atoms with Crippen LogP contribution >= 0.6 is 0 Å². The molecule has 1 heterocycles.